The maximum Gasteiger partial charge on any atom is 0.123 e. The van der Waals surface area contributed by atoms with Gasteiger partial charge in [0.1, 0.15) is 5.75 Å². The number of rotatable bonds is 8. The van der Waals surface area contributed by atoms with Crippen LogP contribution < -0.4 is 10.1 Å². The zero-order valence-corrected chi connectivity index (χ0v) is 11.2. The molecule has 0 aliphatic heterocycles. The van der Waals surface area contributed by atoms with E-state index in [0.29, 0.717) is 0 Å². The summed E-state index contributed by atoms with van der Waals surface area (Å²) >= 11 is 0. The molecule has 0 unspecified atom stereocenters. The largest absolute Gasteiger partial charge is 0.494 e. The summed E-state index contributed by atoms with van der Waals surface area (Å²) in [6.07, 6.45) is 1.17. The van der Waals surface area contributed by atoms with E-state index in [1.54, 1.807) is 0 Å². The molecule has 0 spiro atoms. The van der Waals surface area contributed by atoms with Gasteiger partial charge in [0.05, 0.1) is 6.61 Å². The molecule has 0 aliphatic carbocycles. The van der Waals surface area contributed by atoms with Gasteiger partial charge in [-0.2, -0.15) is 0 Å². The molecule has 0 radical (unpaired) electrons. The van der Waals surface area contributed by atoms with Crippen LogP contribution in [0.5, 0.6) is 5.75 Å². The molecule has 0 amide bonds. The number of benzene rings is 1. The van der Waals surface area contributed by atoms with Crippen molar-refractivity contribution in [2.24, 2.45) is 0 Å². The quantitative estimate of drug-likeness (QED) is 0.700. The first-order chi connectivity index (χ1) is 8.27. The standard InChI is InChI=1S/C14H24N2O/c1-4-17-14-9-6-5-8-13(14)12-16(3)11-7-10-15-2/h5-6,8-9,15H,4,7,10-12H2,1-3H3. The van der Waals surface area contributed by atoms with Crippen molar-refractivity contribution in [3.63, 3.8) is 0 Å². The van der Waals surface area contributed by atoms with E-state index in [2.05, 4.69) is 29.4 Å². The Bertz CT molecular complexity index is 315. The lowest BCUT2D eigenvalue weighted by Gasteiger charge is -2.18. The molecule has 1 rings (SSSR count). The molecular weight excluding hydrogens is 212 g/mol. The average Bonchev–Trinajstić information content (AvgIpc) is 2.32. The van der Waals surface area contributed by atoms with Crippen molar-refractivity contribution in [1.82, 2.24) is 10.2 Å². The first kappa shape index (κ1) is 14.0. The Kier molecular flexibility index (Phi) is 6.67. The van der Waals surface area contributed by atoms with Gasteiger partial charge in [0, 0.05) is 12.1 Å². The molecule has 0 heterocycles. The summed E-state index contributed by atoms with van der Waals surface area (Å²) in [7, 11) is 4.14. The summed E-state index contributed by atoms with van der Waals surface area (Å²) in [5.41, 5.74) is 1.27. The van der Waals surface area contributed by atoms with E-state index in [9.17, 15) is 0 Å². The third kappa shape index (κ3) is 5.20. The smallest absolute Gasteiger partial charge is 0.123 e. The fourth-order valence-electron chi connectivity index (χ4n) is 1.83. The summed E-state index contributed by atoms with van der Waals surface area (Å²) < 4.78 is 5.62. The maximum atomic E-state index is 5.62. The molecular formula is C14H24N2O. The number of nitrogens with zero attached hydrogens (tertiary/aromatic N) is 1. The molecule has 96 valence electrons. The van der Waals surface area contributed by atoms with Crippen LogP contribution in [-0.2, 0) is 6.54 Å². The molecule has 3 heteroatoms. The van der Waals surface area contributed by atoms with Gasteiger partial charge in [-0.3, -0.25) is 0 Å². The van der Waals surface area contributed by atoms with Gasteiger partial charge in [0.2, 0.25) is 0 Å². The van der Waals surface area contributed by atoms with Crippen molar-refractivity contribution in [1.29, 1.82) is 0 Å². The van der Waals surface area contributed by atoms with Gasteiger partial charge in [0.25, 0.3) is 0 Å². The molecule has 1 N–H and O–H groups in total. The topological polar surface area (TPSA) is 24.5 Å². The number of ether oxygens (including phenoxy) is 1. The predicted octanol–water partition coefficient (Wildman–Crippen LogP) is 2.13. The fourth-order valence-corrected chi connectivity index (χ4v) is 1.83. The van der Waals surface area contributed by atoms with Crippen molar-refractivity contribution < 1.29 is 4.74 Å². The summed E-state index contributed by atoms with van der Waals surface area (Å²) in [5, 5.41) is 3.17. The third-order valence-electron chi connectivity index (χ3n) is 2.68. The Balaban J connectivity index is 2.48. The zero-order chi connectivity index (χ0) is 12.5. The van der Waals surface area contributed by atoms with Crippen LogP contribution in [0, 0.1) is 0 Å². The minimum atomic E-state index is 0.723. The summed E-state index contributed by atoms with van der Waals surface area (Å²) in [4.78, 5) is 2.33. The number of hydrogen-bond acceptors (Lipinski definition) is 3. The first-order valence-electron chi connectivity index (χ1n) is 6.31. The highest BCUT2D eigenvalue weighted by atomic mass is 16.5. The molecule has 0 aliphatic rings. The molecule has 0 fully saturated rings. The van der Waals surface area contributed by atoms with E-state index < -0.39 is 0 Å². The second-order valence-corrected chi connectivity index (χ2v) is 4.24. The molecule has 0 aromatic heterocycles. The van der Waals surface area contributed by atoms with Crippen LogP contribution in [0.3, 0.4) is 0 Å². The minimum Gasteiger partial charge on any atom is -0.494 e. The summed E-state index contributed by atoms with van der Waals surface area (Å²) in [6, 6.07) is 8.27. The monoisotopic (exact) mass is 236 g/mol. The Morgan fingerprint density at radius 2 is 2.06 bits per heavy atom. The van der Waals surface area contributed by atoms with Crippen LogP contribution in [0.4, 0.5) is 0 Å². The number of hydrogen-bond donors (Lipinski definition) is 1. The van der Waals surface area contributed by atoms with Crippen molar-refractivity contribution in [2.75, 3.05) is 33.8 Å². The van der Waals surface area contributed by atoms with Crippen LogP contribution in [0.1, 0.15) is 18.9 Å². The van der Waals surface area contributed by atoms with E-state index in [1.165, 1.54) is 12.0 Å². The Morgan fingerprint density at radius 3 is 2.76 bits per heavy atom. The lowest BCUT2D eigenvalue weighted by Crippen LogP contribution is -2.22. The van der Waals surface area contributed by atoms with Crippen LogP contribution in [-0.4, -0.2) is 38.7 Å². The molecule has 0 bridgehead atoms. The van der Waals surface area contributed by atoms with Gasteiger partial charge < -0.3 is 15.0 Å². The van der Waals surface area contributed by atoms with Crippen molar-refractivity contribution >= 4 is 0 Å². The highest BCUT2D eigenvalue weighted by molar-refractivity contribution is 5.33. The van der Waals surface area contributed by atoms with E-state index in [1.807, 2.05) is 26.1 Å². The lowest BCUT2D eigenvalue weighted by molar-refractivity contribution is 0.300. The van der Waals surface area contributed by atoms with Gasteiger partial charge >= 0.3 is 0 Å². The fraction of sp³-hybridized carbons (Fsp3) is 0.571. The Hall–Kier alpha value is -1.06. The predicted molar refractivity (Wildman–Crippen MR) is 72.5 cm³/mol. The second-order valence-electron chi connectivity index (χ2n) is 4.24. The van der Waals surface area contributed by atoms with Gasteiger partial charge in [0.15, 0.2) is 0 Å². The summed E-state index contributed by atoms with van der Waals surface area (Å²) in [5.74, 6) is 1.01. The molecule has 17 heavy (non-hydrogen) atoms. The molecule has 1 aromatic rings. The Labute approximate surface area is 105 Å². The van der Waals surface area contributed by atoms with Gasteiger partial charge in [-0.15, -0.1) is 0 Å². The first-order valence-corrected chi connectivity index (χ1v) is 6.31. The van der Waals surface area contributed by atoms with Crippen molar-refractivity contribution in [2.45, 2.75) is 19.9 Å². The molecule has 3 nitrogen and oxygen atoms in total. The molecule has 1 aromatic carbocycles. The van der Waals surface area contributed by atoms with E-state index in [0.717, 1.165) is 32.0 Å². The number of nitrogens with one attached hydrogen (secondary N) is 1. The molecule has 0 saturated heterocycles. The van der Waals surface area contributed by atoms with Crippen molar-refractivity contribution in [3.8, 4) is 5.75 Å². The van der Waals surface area contributed by atoms with Crippen molar-refractivity contribution in [3.05, 3.63) is 29.8 Å². The van der Waals surface area contributed by atoms with Crippen LogP contribution in [0.25, 0.3) is 0 Å². The SMILES string of the molecule is CCOc1ccccc1CN(C)CCCNC. The van der Waals surface area contributed by atoms with E-state index >= 15 is 0 Å². The van der Waals surface area contributed by atoms with Crippen LogP contribution >= 0.6 is 0 Å². The summed E-state index contributed by atoms with van der Waals surface area (Å²) in [6.45, 7) is 5.85. The van der Waals surface area contributed by atoms with Gasteiger partial charge in [-0.25, -0.2) is 0 Å². The second kappa shape index (κ2) is 8.09. The average molecular weight is 236 g/mol. The minimum absolute atomic E-state index is 0.723. The van der Waals surface area contributed by atoms with Crippen LogP contribution in [0.2, 0.25) is 0 Å². The Morgan fingerprint density at radius 1 is 1.29 bits per heavy atom. The highest BCUT2D eigenvalue weighted by Crippen LogP contribution is 2.19. The molecule has 0 atom stereocenters. The van der Waals surface area contributed by atoms with E-state index in [-0.39, 0.29) is 0 Å². The molecule has 0 saturated carbocycles. The number of para-hydroxylation sites is 1. The van der Waals surface area contributed by atoms with Crippen LogP contribution in [0.15, 0.2) is 24.3 Å². The maximum absolute atomic E-state index is 5.62. The third-order valence-corrected chi connectivity index (χ3v) is 2.68. The normalized spacial score (nSPS) is 10.8. The lowest BCUT2D eigenvalue weighted by atomic mass is 10.2. The van der Waals surface area contributed by atoms with E-state index in [4.69, 9.17) is 4.74 Å². The van der Waals surface area contributed by atoms with Gasteiger partial charge in [-0.05, 0) is 46.6 Å². The highest BCUT2D eigenvalue weighted by Gasteiger charge is 2.05. The van der Waals surface area contributed by atoms with Gasteiger partial charge in [-0.1, -0.05) is 18.2 Å². The zero-order valence-electron chi connectivity index (χ0n) is 11.2.